The minimum Gasteiger partial charge on any atom is -0.494 e. The van der Waals surface area contributed by atoms with Crippen molar-refractivity contribution >= 4 is 28.8 Å². The minimum atomic E-state index is -0.0461. The summed E-state index contributed by atoms with van der Waals surface area (Å²) in [7, 11) is 0. The number of nitrogens with one attached hydrogen (secondary N) is 1. The van der Waals surface area contributed by atoms with E-state index in [2.05, 4.69) is 10.3 Å². The molecule has 1 amide bonds. The van der Waals surface area contributed by atoms with Gasteiger partial charge in [-0.2, -0.15) is 0 Å². The van der Waals surface area contributed by atoms with E-state index in [0.717, 1.165) is 28.6 Å². The Balaban J connectivity index is 1.32. The normalized spacial score (nSPS) is 10.5. The lowest BCUT2D eigenvalue weighted by molar-refractivity contribution is -0.120. The molecule has 0 bridgehead atoms. The van der Waals surface area contributed by atoms with Crippen molar-refractivity contribution in [2.45, 2.75) is 19.4 Å². The maximum Gasteiger partial charge on any atom is 0.226 e. The van der Waals surface area contributed by atoms with Crippen LogP contribution in [-0.2, 0) is 17.8 Å². The Kier molecular flexibility index (Phi) is 7.70. The highest BCUT2D eigenvalue weighted by Gasteiger charge is 2.08. The zero-order chi connectivity index (χ0) is 19.6. The van der Waals surface area contributed by atoms with Gasteiger partial charge in [-0.05, 0) is 42.8 Å². The summed E-state index contributed by atoms with van der Waals surface area (Å²) in [6, 6.07) is 16.8. The molecule has 0 aliphatic heterocycles. The van der Waals surface area contributed by atoms with Crippen molar-refractivity contribution < 1.29 is 14.3 Å². The molecule has 1 N–H and O–H groups in total. The second-order valence-corrected chi connectivity index (χ2v) is 7.40. The number of para-hydroxylation sites is 1. The number of ether oxygens (including phenoxy) is 2. The summed E-state index contributed by atoms with van der Waals surface area (Å²) >= 11 is 7.33. The Bertz CT molecular complexity index is 869. The summed E-state index contributed by atoms with van der Waals surface area (Å²) in [6.07, 6.45) is 1.01. The number of carbonyl (C=O) groups is 1. The van der Waals surface area contributed by atoms with Crippen LogP contribution in [0.1, 0.15) is 17.1 Å². The van der Waals surface area contributed by atoms with Crippen LogP contribution < -0.4 is 14.8 Å². The molecule has 1 aromatic heterocycles. The Morgan fingerprint density at radius 1 is 1.04 bits per heavy atom. The number of rotatable bonds is 10. The summed E-state index contributed by atoms with van der Waals surface area (Å²) in [6.45, 7) is 1.50. The first-order valence-electron chi connectivity index (χ1n) is 8.95. The van der Waals surface area contributed by atoms with E-state index < -0.39 is 0 Å². The molecule has 2 aromatic carbocycles. The van der Waals surface area contributed by atoms with Crippen LogP contribution in [-0.4, -0.2) is 24.0 Å². The first-order chi connectivity index (χ1) is 13.7. The molecule has 5 nitrogen and oxygen atoms in total. The smallest absolute Gasteiger partial charge is 0.226 e. The van der Waals surface area contributed by atoms with Gasteiger partial charge in [0, 0.05) is 16.9 Å². The second kappa shape index (κ2) is 10.7. The number of aromatic nitrogens is 1. The lowest BCUT2D eigenvalue weighted by Gasteiger charge is -2.07. The molecule has 146 valence electrons. The Morgan fingerprint density at radius 3 is 2.57 bits per heavy atom. The molecule has 3 rings (SSSR count). The van der Waals surface area contributed by atoms with Crippen LogP contribution in [0.25, 0.3) is 0 Å². The standard InChI is InChI=1S/C21H21ClN2O3S/c22-16-7-9-19(10-8-16)27-14-21-24-17(15-28-21)13-20(25)23-11-4-12-26-18-5-2-1-3-6-18/h1-3,5-10,15H,4,11-14H2,(H,23,25). The topological polar surface area (TPSA) is 60.5 Å². The molecule has 0 saturated heterocycles. The van der Waals surface area contributed by atoms with Gasteiger partial charge in [0.1, 0.15) is 23.1 Å². The number of carbonyl (C=O) groups excluding carboxylic acids is 1. The van der Waals surface area contributed by atoms with Crippen LogP contribution in [0.5, 0.6) is 11.5 Å². The third kappa shape index (κ3) is 6.87. The molecule has 0 aliphatic rings. The van der Waals surface area contributed by atoms with Crippen molar-refractivity contribution in [1.29, 1.82) is 0 Å². The van der Waals surface area contributed by atoms with E-state index in [4.69, 9.17) is 21.1 Å². The number of amides is 1. The predicted molar refractivity (Wildman–Crippen MR) is 111 cm³/mol. The van der Waals surface area contributed by atoms with Gasteiger partial charge in [0.05, 0.1) is 18.7 Å². The highest BCUT2D eigenvalue weighted by atomic mass is 35.5. The van der Waals surface area contributed by atoms with Gasteiger partial charge in [-0.1, -0.05) is 29.8 Å². The summed E-state index contributed by atoms with van der Waals surface area (Å²) < 4.78 is 11.3. The molecule has 7 heteroatoms. The van der Waals surface area contributed by atoms with Crippen molar-refractivity contribution in [2.75, 3.05) is 13.2 Å². The van der Waals surface area contributed by atoms with Crippen molar-refractivity contribution in [3.8, 4) is 11.5 Å². The van der Waals surface area contributed by atoms with Crippen molar-refractivity contribution in [1.82, 2.24) is 10.3 Å². The number of thiazole rings is 1. The first kappa shape index (κ1) is 20.2. The molecule has 0 atom stereocenters. The third-order valence-electron chi connectivity index (χ3n) is 3.77. The quantitative estimate of drug-likeness (QED) is 0.494. The van der Waals surface area contributed by atoms with E-state index in [-0.39, 0.29) is 12.3 Å². The molecule has 0 aliphatic carbocycles. The molecule has 0 fully saturated rings. The molecule has 28 heavy (non-hydrogen) atoms. The van der Waals surface area contributed by atoms with E-state index >= 15 is 0 Å². The Hall–Kier alpha value is -2.57. The van der Waals surface area contributed by atoms with Gasteiger partial charge in [-0.3, -0.25) is 4.79 Å². The number of halogens is 1. The molecule has 1 heterocycles. The van der Waals surface area contributed by atoms with Crippen molar-refractivity contribution in [2.24, 2.45) is 0 Å². The second-order valence-electron chi connectivity index (χ2n) is 6.02. The number of benzene rings is 2. The Morgan fingerprint density at radius 2 is 1.79 bits per heavy atom. The van der Waals surface area contributed by atoms with Gasteiger partial charge in [-0.15, -0.1) is 11.3 Å². The molecular formula is C21H21ClN2O3S. The van der Waals surface area contributed by atoms with E-state index in [1.807, 2.05) is 47.8 Å². The SMILES string of the molecule is O=C(Cc1csc(COc2ccc(Cl)cc2)n1)NCCCOc1ccccc1. The van der Waals surface area contributed by atoms with Crippen LogP contribution in [0.3, 0.4) is 0 Å². The summed E-state index contributed by atoms with van der Waals surface area (Å²) in [5, 5.41) is 6.28. The van der Waals surface area contributed by atoms with Crippen LogP contribution in [0, 0.1) is 0 Å². The van der Waals surface area contributed by atoms with Gasteiger partial charge < -0.3 is 14.8 Å². The molecule has 0 spiro atoms. The molecule has 0 unspecified atom stereocenters. The minimum absolute atomic E-state index is 0.0461. The maximum atomic E-state index is 12.0. The largest absolute Gasteiger partial charge is 0.494 e. The average Bonchev–Trinajstić information content (AvgIpc) is 3.15. The molecule has 0 radical (unpaired) electrons. The zero-order valence-electron chi connectivity index (χ0n) is 15.3. The van der Waals surface area contributed by atoms with Gasteiger partial charge in [0.15, 0.2) is 0 Å². The summed E-state index contributed by atoms with van der Waals surface area (Å²) in [4.78, 5) is 16.5. The number of nitrogens with zero attached hydrogens (tertiary/aromatic N) is 1. The number of hydrogen-bond acceptors (Lipinski definition) is 5. The predicted octanol–water partition coefficient (Wildman–Crippen LogP) is 4.50. The van der Waals surface area contributed by atoms with Gasteiger partial charge in [0.2, 0.25) is 5.91 Å². The van der Waals surface area contributed by atoms with Gasteiger partial charge in [-0.25, -0.2) is 4.98 Å². The molecule has 3 aromatic rings. The first-order valence-corrected chi connectivity index (χ1v) is 10.2. The van der Waals surface area contributed by atoms with Crippen LogP contribution in [0.15, 0.2) is 60.0 Å². The fraction of sp³-hybridized carbons (Fsp3) is 0.238. The highest BCUT2D eigenvalue weighted by molar-refractivity contribution is 7.09. The van der Waals surface area contributed by atoms with Gasteiger partial charge >= 0.3 is 0 Å². The summed E-state index contributed by atoms with van der Waals surface area (Å²) in [5.41, 5.74) is 0.748. The lowest BCUT2D eigenvalue weighted by atomic mass is 10.3. The van der Waals surface area contributed by atoms with Crippen molar-refractivity contribution in [3.63, 3.8) is 0 Å². The lowest BCUT2D eigenvalue weighted by Crippen LogP contribution is -2.27. The molecular weight excluding hydrogens is 396 g/mol. The van der Waals surface area contributed by atoms with E-state index in [1.54, 1.807) is 12.1 Å². The van der Waals surface area contributed by atoms with Crippen LogP contribution >= 0.6 is 22.9 Å². The van der Waals surface area contributed by atoms with E-state index in [0.29, 0.717) is 24.8 Å². The van der Waals surface area contributed by atoms with Crippen LogP contribution in [0.4, 0.5) is 0 Å². The fourth-order valence-electron chi connectivity index (χ4n) is 2.41. The average molecular weight is 417 g/mol. The molecule has 0 saturated carbocycles. The monoisotopic (exact) mass is 416 g/mol. The van der Waals surface area contributed by atoms with E-state index in [9.17, 15) is 4.79 Å². The Labute approximate surface area is 173 Å². The van der Waals surface area contributed by atoms with Crippen LogP contribution in [0.2, 0.25) is 5.02 Å². The third-order valence-corrected chi connectivity index (χ3v) is 4.90. The fourth-order valence-corrected chi connectivity index (χ4v) is 3.24. The van der Waals surface area contributed by atoms with Gasteiger partial charge in [0.25, 0.3) is 0 Å². The van der Waals surface area contributed by atoms with E-state index in [1.165, 1.54) is 11.3 Å². The highest BCUT2D eigenvalue weighted by Crippen LogP contribution is 2.18. The number of hydrogen-bond donors (Lipinski definition) is 1. The van der Waals surface area contributed by atoms with Crippen molar-refractivity contribution in [3.05, 3.63) is 75.7 Å². The zero-order valence-corrected chi connectivity index (χ0v) is 16.8. The summed E-state index contributed by atoms with van der Waals surface area (Å²) in [5.74, 6) is 1.52. The maximum absolute atomic E-state index is 12.0.